The first kappa shape index (κ1) is 14.1. The van der Waals surface area contributed by atoms with Gasteiger partial charge in [0.1, 0.15) is 5.82 Å². The molecule has 0 spiro atoms. The Hall–Kier alpha value is -0.940. The Bertz CT molecular complexity index is 413. The number of hydrogen-bond donors (Lipinski definition) is 2. The summed E-state index contributed by atoms with van der Waals surface area (Å²) in [4.78, 5) is 15.8. The van der Waals surface area contributed by atoms with Crippen LogP contribution in [0.25, 0.3) is 0 Å². The second kappa shape index (κ2) is 5.60. The van der Waals surface area contributed by atoms with Gasteiger partial charge in [-0.05, 0) is 54.8 Å². The summed E-state index contributed by atoms with van der Waals surface area (Å²) < 4.78 is 0.899. The summed E-state index contributed by atoms with van der Waals surface area (Å²) >= 11 is 3.33. The molecule has 3 N–H and O–H groups in total. The fourth-order valence-corrected chi connectivity index (χ4v) is 1.75. The van der Waals surface area contributed by atoms with Gasteiger partial charge in [0, 0.05) is 22.6 Å². The van der Waals surface area contributed by atoms with Crippen LogP contribution in [0.4, 0.5) is 5.82 Å². The number of halogens is 1. The molecule has 0 unspecified atom stereocenters. The summed E-state index contributed by atoms with van der Waals surface area (Å²) in [6.07, 6.45) is 2.71. The minimum absolute atomic E-state index is 0.0542. The van der Waals surface area contributed by atoms with Crippen LogP contribution in [0.1, 0.15) is 32.3 Å². The molecule has 0 saturated carbocycles. The first-order valence-electron chi connectivity index (χ1n) is 5.49. The highest BCUT2D eigenvalue weighted by molar-refractivity contribution is 9.10. The van der Waals surface area contributed by atoms with Crippen LogP contribution >= 0.6 is 15.9 Å². The van der Waals surface area contributed by atoms with Gasteiger partial charge in [-0.15, -0.1) is 0 Å². The minimum Gasteiger partial charge on any atom is -0.326 e. The van der Waals surface area contributed by atoms with Gasteiger partial charge in [0.15, 0.2) is 0 Å². The lowest BCUT2D eigenvalue weighted by Crippen LogP contribution is -2.33. The van der Waals surface area contributed by atoms with Crippen molar-refractivity contribution in [2.45, 2.75) is 39.2 Å². The number of pyridine rings is 1. The molecule has 1 aromatic rings. The van der Waals surface area contributed by atoms with Crippen LogP contribution in [0.2, 0.25) is 0 Å². The van der Waals surface area contributed by atoms with Crippen molar-refractivity contribution >= 4 is 27.7 Å². The number of aryl methyl sites for hydroxylation is 1. The molecule has 0 aromatic carbocycles. The molecule has 4 nitrogen and oxygen atoms in total. The average Bonchev–Trinajstić information content (AvgIpc) is 2.18. The molecule has 0 bridgehead atoms. The number of nitrogens with two attached hydrogens (primary N) is 1. The number of carbonyl (C=O) groups is 1. The molecule has 94 valence electrons. The SMILES string of the molecule is Cc1cc(Br)cnc1NC(=O)CCC(C)(C)N. The van der Waals surface area contributed by atoms with Gasteiger partial charge in [-0.25, -0.2) is 4.98 Å². The molecule has 1 rings (SSSR count). The molecule has 0 aliphatic carbocycles. The van der Waals surface area contributed by atoms with Crippen LogP contribution in [0.15, 0.2) is 16.7 Å². The van der Waals surface area contributed by atoms with Crippen molar-refractivity contribution < 1.29 is 4.79 Å². The van der Waals surface area contributed by atoms with Crippen molar-refractivity contribution in [3.8, 4) is 0 Å². The van der Waals surface area contributed by atoms with E-state index in [1.165, 1.54) is 0 Å². The Labute approximate surface area is 110 Å². The van der Waals surface area contributed by atoms with Crippen LogP contribution < -0.4 is 11.1 Å². The Morgan fingerprint density at radius 2 is 2.24 bits per heavy atom. The summed E-state index contributed by atoms with van der Waals surface area (Å²) in [5, 5.41) is 2.78. The fraction of sp³-hybridized carbons (Fsp3) is 0.500. The summed E-state index contributed by atoms with van der Waals surface area (Å²) in [5.74, 6) is 0.550. The first-order valence-corrected chi connectivity index (χ1v) is 6.28. The Kier molecular flexibility index (Phi) is 4.65. The predicted molar refractivity (Wildman–Crippen MR) is 72.8 cm³/mol. The number of hydrogen-bond acceptors (Lipinski definition) is 3. The van der Waals surface area contributed by atoms with Crippen LogP contribution in [0.5, 0.6) is 0 Å². The average molecular weight is 300 g/mol. The zero-order valence-corrected chi connectivity index (χ0v) is 12.0. The zero-order chi connectivity index (χ0) is 13.1. The van der Waals surface area contributed by atoms with E-state index in [4.69, 9.17) is 5.73 Å². The van der Waals surface area contributed by atoms with Crippen LogP contribution in [0, 0.1) is 6.92 Å². The lowest BCUT2D eigenvalue weighted by molar-refractivity contribution is -0.116. The highest BCUT2D eigenvalue weighted by atomic mass is 79.9. The van der Waals surface area contributed by atoms with E-state index < -0.39 is 0 Å². The van der Waals surface area contributed by atoms with Crippen LogP contribution in [-0.4, -0.2) is 16.4 Å². The van der Waals surface area contributed by atoms with Gasteiger partial charge in [-0.3, -0.25) is 4.79 Å². The third kappa shape index (κ3) is 5.28. The third-order valence-corrected chi connectivity index (χ3v) is 2.73. The predicted octanol–water partition coefficient (Wildman–Crippen LogP) is 2.61. The maximum absolute atomic E-state index is 11.7. The standard InChI is InChI=1S/C12H18BrN3O/c1-8-6-9(13)7-15-11(8)16-10(17)4-5-12(2,3)14/h6-7H,4-5,14H2,1-3H3,(H,15,16,17). The molecule has 0 aliphatic rings. The summed E-state index contributed by atoms with van der Waals surface area (Å²) in [6.45, 7) is 5.72. The topological polar surface area (TPSA) is 68.0 Å². The van der Waals surface area contributed by atoms with Crippen molar-refractivity contribution in [2.75, 3.05) is 5.32 Å². The van der Waals surface area contributed by atoms with Gasteiger partial charge >= 0.3 is 0 Å². The molecule has 0 atom stereocenters. The lowest BCUT2D eigenvalue weighted by atomic mass is 10.00. The molecule has 0 fully saturated rings. The first-order chi connectivity index (χ1) is 7.78. The number of nitrogens with one attached hydrogen (secondary N) is 1. The largest absolute Gasteiger partial charge is 0.326 e. The molecular formula is C12H18BrN3O. The van der Waals surface area contributed by atoms with Gasteiger partial charge in [0.25, 0.3) is 0 Å². The molecular weight excluding hydrogens is 282 g/mol. The van der Waals surface area contributed by atoms with E-state index in [-0.39, 0.29) is 11.4 Å². The minimum atomic E-state index is -0.320. The fourth-order valence-electron chi connectivity index (χ4n) is 1.30. The number of nitrogens with zero attached hydrogens (tertiary/aromatic N) is 1. The second-order valence-electron chi connectivity index (χ2n) is 4.86. The number of rotatable bonds is 4. The zero-order valence-electron chi connectivity index (χ0n) is 10.4. The van der Waals surface area contributed by atoms with E-state index in [0.717, 1.165) is 10.0 Å². The molecule has 0 saturated heterocycles. The van der Waals surface area contributed by atoms with E-state index in [0.29, 0.717) is 18.7 Å². The van der Waals surface area contributed by atoms with E-state index in [2.05, 4.69) is 26.2 Å². The molecule has 5 heteroatoms. The normalized spacial score (nSPS) is 11.4. The summed E-state index contributed by atoms with van der Waals surface area (Å²) in [7, 11) is 0. The monoisotopic (exact) mass is 299 g/mol. The highest BCUT2D eigenvalue weighted by Crippen LogP contribution is 2.17. The van der Waals surface area contributed by atoms with Gasteiger partial charge in [-0.2, -0.15) is 0 Å². The number of aromatic nitrogens is 1. The Morgan fingerprint density at radius 3 is 2.76 bits per heavy atom. The molecule has 1 heterocycles. The van der Waals surface area contributed by atoms with Crippen molar-refractivity contribution in [1.29, 1.82) is 0 Å². The Morgan fingerprint density at radius 1 is 1.59 bits per heavy atom. The number of carbonyl (C=O) groups excluding carboxylic acids is 1. The third-order valence-electron chi connectivity index (χ3n) is 2.30. The Balaban J connectivity index is 2.57. The van der Waals surface area contributed by atoms with Crippen molar-refractivity contribution in [3.05, 3.63) is 22.3 Å². The number of anilines is 1. The van der Waals surface area contributed by atoms with E-state index >= 15 is 0 Å². The summed E-state index contributed by atoms with van der Waals surface area (Å²) in [6, 6.07) is 1.91. The van der Waals surface area contributed by atoms with E-state index in [1.807, 2.05) is 26.8 Å². The number of amides is 1. The molecule has 0 aliphatic heterocycles. The van der Waals surface area contributed by atoms with E-state index in [9.17, 15) is 4.79 Å². The van der Waals surface area contributed by atoms with Gasteiger partial charge in [0.2, 0.25) is 5.91 Å². The molecule has 1 aromatic heterocycles. The highest BCUT2D eigenvalue weighted by Gasteiger charge is 2.14. The van der Waals surface area contributed by atoms with Gasteiger partial charge in [0.05, 0.1) is 0 Å². The van der Waals surface area contributed by atoms with Crippen molar-refractivity contribution in [3.63, 3.8) is 0 Å². The van der Waals surface area contributed by atoms with Gasteiger partial charge in [-0.1, -0.05) is 0 Å². The van der Waals surface area contributed by atoms with Crippen molar-refractivity contribution in [1.82, 2.24) is 4.98 Å². The smallest absolute Gasteiger partial charge is 0.225 e. The summed E-state index contributed by atoms with van der Waals surface area (Å²) in [5.41, 5.74) is 6.44. The lowest BCUT2D eigenvalue weighted by Gasteiger charge is -2.17. The van der Waals surface area contributed by atoms with Crippen molar-refractivity contribution in [2.24, 2.45) is 5.73 Å². The molecule has 0 radical (unpaired) electrons. The maximum atomic E-state index is 11.7. The van der Waals surface area contributed by atoms with Gasteiger partial charge < -0.3 is 11.1 Å². The molecule has 17 heavy (non-hydrogen) atoms. The van der Waals surface area contributed by atoms with E-state index in [1.54, 1.807) is 6.20 Å². The maximum Gasteiger partial charge on any atom is 0.225 e. The quantitative estimate of drug-likeness (QED) is 0.898. The molecule has 1 amide bonds. The van der Waals surface area contributed by atoms with Crippen LogP contribution in [-0.2, 0) is 4.79 Å². The second-order valence-corrected chi connectivity index (χ2v) is 5.77. The van der Waals surface area contributed by atoms with Crippen LogP contribution in [0.3, 0.4) is 0 Å².